The van der Waals surface area contributed by atoms with Gasteiger partial charge in [0.1, 0.15) is 0 Å². The molecule has 146 heavy (non-hydrogen) atoms. The average molecular weight is 2090 g/mol. The van der Waals surface area contributed by atoms with Crippen LogP contribution in [0.4, 0.5) is 17.6 Å². The second-order valence-electron chi connectivity index (χ2n) is 56.1. The smallest absolute Gasteiger partial charge is 0.309 e. The van der Waals surface area contributed by atoms with Crippen molar-refractivity contribution >= 4 is 93.9 Å². The average Bonchev–Trinajstić information content (AvgIpc) is 0.818. The molecule has 22 aliphatic rings. The normalized spacial score (nSPS) is 38.5. The van der Waals surface area contributed by atoms with Crippen LogP contribution in [-0.2, 0) is 77.6 Å². The van der Waals surface area contributed by atoms with Crippen molar-refractivity contribution in [3.05, 3.63) is 184 Å². The molecule has 4 amide bonds. The number of carbonyl (C=O) groups excluding carboxylic acids is 4. The predicted octanol–water partition coefficient (Wildman–Crippen LogP) is 28.4. The number of fused-ring (bicyclic) bond motifs is 6. The molecule has 26 rings (SSSR count). The van der Waals surface area contributed by atoms with E-state index in [9.17, 15) is 76.3 Å². The number of hydrogen-bond acceptors (Lipinski definition) is 9. The minimum Gasteiger partial charge on any atom is -0.481 e. The topological polar surface area (TPSA) is 240 Å². The number of halogens is 8. The van der Waals surface area contributed by atoms with Crippen LogP contribution in [0, 0.1) is 96.1 Å². The highest BCUT2D eigenvalue weighted by Crippen LogP contribution is 2.77. The van der Waals surface area contributed by atoms with Crippen LogP contribution < -0.4 is 0 Å². The Bertz CT molecular complexity index is 6220. The van der Waals surface area contributed by atoms with Gasteiger partial charge in [0, 0.05) is 116 Å². The predicted molar refractivity (Wildman–Crippen MR) is 560 cm³/mol. The zero-order chi connectivity index (χ0) is 106. The van der Waals surface area contributed by atoms with E-state index in [1.165, 1.54) is 27.9 Å². The Morgan fingerprint density at radius 1 is 0.377 bits per heavy atom. The molecule has 0 radical (unpaired) electrons. The summed E-state index contributed by atoms with van der Waals surface area (Å²) in [6.07, 6.45) is 27.4. The molecule has 18 fully saturated rings. The zero-order valence-electron chi connectivity index (χ0n) is 89.8. The lowest BCUT2D eigenvalue weighted by Crippen LogP contribution is -2.77. The number of hydrogen-bond donors (Lipinski definition) is 4. The van der Waals surface area contributed by atoms with Crippen LogP contribution >= 0.6 is 46.4 Å². The molecule has 1 saturated heterocycles. The number of ether oxygens (including phenoxy) is 1. The highest BCUT2D eigenvalue weighted by atomic mass is 35.5. The van der Waals surface area contributed by atoms with Crippen molar-refractivity contribution in [3.63, 3.8) is 0 Å². The molecule has 5 heterocycles. The van der Waals surface area contributed by atoms with Gasteiger partial charge in [0.15, 0.2) is 0 Å². The Morgan fingerprint density at radius 2 is 0.678 bits per heavy atom. The molecular weight excluding hydrogens is 1940 g/mol. The third-order valence-corrected chi connectivity index (χ3v) is 43.2. The lowest BCUT2D eigenvalue weighted by molar-refractivity contribution is -0.224. The van der Waals surface area contributed by atoms with Gasteiger partial charge in [-0.05, 0) is 316 Å². The van der Waals surface area contributed by atoms with Gasteiger partial charge in [-0.1, -0.05) is 233 Å². The number of nitrogens with zero attached hydrogens (tertiary/aromatic N) is 4. The fraction of sp³-hybridized carbons (Fsp3) is 0.669. The highest BCUT2D eigenvalue weighted by Gasteiger charge is 2.79. The van der Waals surface area contributed by atoms with Gasteiger partial charge < -0.3 is 44.8 Å². The standard InChI is InChI=1S/C31H38ClF2NO3.C30H36ClF2NO3.C30H40ClNO4.C30H40ClNO3/c1-17-8-9-30(19-6-7-20(22(32)12-19)24-25(27(3,4)5)31(24,33)34)13-23(36)35(14-21(30)18(17)2)29-11-10-28(15-29,16-29)26(37)38;1-16-8-9-29(18-6-7-19(21(31)10-18)23-24(26(3,4)5)30(23,32)33)11-22(35)34(12-20(29)17(16)2)28-13-27(14-28,15-28)25(36)37;1-19-22-15-32(29-12-11-28(16-29,17-29)25(34)35)24(33)14-30(22,18-36-27(19,5)6)21-8-7-20(23(31)13-21)9-10-26(2,3)4;1-19-22-15-32(29-16-28(17-29,18-29)25(34)35)24(33)14-30(22,12-11-27(19,5)6)21-8-7-20(23(31)13-21)9-10-26(2,3)4/h6-7,12,14,17-18,24-25H,8-11,13,15-16H2,1-5H3,(H,37,38);6-7,10,12,16-17,23-24H,8-9,11,13-15H2,1-5H3,(H,36,37);7-8,13,15,19H,9-12,14,16-18H2,1-6H3,(H,34,35);7-8,13,15,19H,9-12,14,16-18H2,1-6H3,(H,34,35)/t17-,18+,24?,25?,28?,29?,30?;16-,17+,23?,24?,27?,28?,29?;2*19?,28?,29?,30-/m0010/s1. The second kappa shape index (κ2) is 34.5. The molecule has 17 saturated carbocycles. The lowest BCUT2D eigenvalue weighted by atomic mass is 9.38. The summed E-state index contributed by atoms with van der Waals surface area (Å²) in [5, 5.41) is 40.9. The van der Waals surface area contributed by atoms with Gasteiger partial charge in [0.05, 0.1) is 62.2 Å². The first kappa shape index (κ1) is 107. The monoisotopic (exact) mass is 2090 g/mol. The van der Waals surface area contributed by atoms with Gasteiger partial charge in [-0.2, -0.15) is 0 Å². The maximum Gasteiger partial charge on any atom is 0.309 e. The van der Waals surface area contributed by atoms with Crippen LogP contribution in [0.15, 0.2) is 120 Å². The van der Waals surface area contributed by atoms with E-state index in [1.807, 2.05) is 91.6 Å². The number of carboxylic acids is 4. The van der Waals surface area contributed by atoms with E-state index >= 15 is 0 Å². The van der Waals surface area contributed by atoms with Crippen molar-refractivity contribution in [3.8, 4) is 0 Å². The van der Waals surface area contributed by atoms with Crippen molar-refractivity contribution in [2.45, 2.75) is 405 Å². The first-order chi connectivity index (χ1) is 67.4. The molecule has 4 aromatic rings. The fourth-order valence-electron chi connectivity index (χ4n) is 31.8. The van der Waals surface area contributed by atoms with Gasteiger partial charge >= 0.3 is 23.9 Å². The summed E-state index contributed by atoms with van der Waals surface area (Å²) in [5.74, 6) is -9.78. The Morgan fingerprint density at radius 3 is 0.993 bits per heavy atom. The fourth-order valence-corrected chi connectivity index (χ4v) is 32.9. The molecule has 17 nitrogen and oxygen atoms in total. The van der Waals surface area contributed by atoms with Crippen LogP contribution in [0.1, 0.15) is 376 Å². The maximum absolute atomic E-state index is 14.8. The van der Waals surface area contributed by atoms with Crippen molar-refractivity contribution in [2.24, 2.45) is 96.1 Å². The third-order valence-electron chi connectivity index (χ3n) is 41.9. The van der Waals surface area contributed by atoms with Crippen molar-refractivity contribution in [2.75, 3.05) is 6.61 Å². The van der Waals surface area contributed by atoms with E-state index in [2.05, 4.69) is 166 Å². The second-order valence-corrected chi connectivity index (χ2v) is 57.7. The number of rotatable bonds is 18. The zero-order valence-corrected chi connectivity index (χ0v) is 92.8. The van der Waals surface area contributed by atoms with E-state index < -0.39 is 114 Å². The molecule has 0 spiro atoms. The highest BCUT2D eigenvalue weighted by molar-refractivity contribution is 6.32. The van der Waals surface area contributed by atoms with E-state index in [1.54, 1.807) is 12.1 Å². The minimum atomic E-state index is -2.78. The summed E-state index contributed by atoms with van der Waals surface area (Å²) in [6.45, 7) is 47.2. The van der Waals surface area contributed by atoms with Gasteiger partial charge in [-0.25, -0.2) is 17.6 Å². The summed E-state index contributed by atoms with van der Waals surface area (Å²) in [7, 11) is 0. The summed E-state index contributed by atoms with van der Waals surface area (Å²) < 4.78 is 65.7. The molecule has 8 bridgehead atoms. The van der Waals surface area contributed by atoms with Gasteiger partial charge in [-0.3, -0.25) is 38.4 Å². The molecule has 25 heteroatoms. The van der Waals surface area contributed by atoms with Crippen LogP contribution in [0.3, 0.4) is 0 Å². The molecule has 4 aromatic carbocycles. The Hall–Kier alpha value is -7.56. The van der Waals surface area contributed by atoms with Crippen molar-refractivity contribution in [1.29, 1.82) is 0 Å². The number of amides is 4. The van der Waals surface area contributed by atoms with E-state index in [4.69, 9.17) is 51.1 Å². The van der Waals surface area contributed by atoms with Gasteiger partial charge in [0.25, 0.3) is 11.8 Å². The Labute approximate surface area is 881 Å². The molecule has 14 atom stereocenters. The summed E-state index contributed by atoms with van der Waals surface area (Å²) in [4.78, 5) is 110. The van der Waals surface area contributed by atoms with E-state index in [0.29, 0.717) is 148 Å². The van der Waals surface area contributed by atoms with E-state index in [-0.39, 0.29) is 85.3 Å². The van der Waals surface area contributed by atoms with E-state index in [0.717, 1.165) is 115 Å². The maximum atomic E-state index is 14.8. The van der Waals surface area contributed by atoms with Crippen molar-refractivity contribution < 1.29 is 81.1 Å². The summed E-state index contributed by atoms with van der Waals surface area (Å²) in [6, 6.07) is 23.9. The Balaban J connectivity index is 0.000000123. The molecular formula is C121H154Cl4F4N4O13. The third kappa shape index (κ3) is 16.6. The molecule has 5 aliphatic heterocycles. The molecule has 8 unspecified atom stereocenters. The van der Waals surface area contributed by atoms with Crippen LogP contribution in [0.25, 0.3) is 0 Å². The largest absolute Gasteiger partial charge is 0.481 e. The Kier molecular flexibility index (Phi) is 25.2. The number of alkyl halides is 4. The number of allylic oxidation sites excluding steroid dienone is 3. The number of aliphatic carboxylic acids is 4. The SMILES string of the molecule is CC1C2=CN(C34CC(C(=O)O)(C3)C4)C(=O)C[C@]2(c2ccc(CCC(C)(C)C)c(Cl)c2)CCC1(C)C.CC1C2=CN(C34CCC(C(=O)O)(C3)C4)C(=O)C[C@]2(c2ccc(CCC(C)(C)C)c(Cl)c2)COC1(C)C.C[C@H]1CCC2(c3ccc(C4C(C(C)(C)C)C4(F)F)c(Cl)c3)CC(=O)N(C34CC(C(=O)O)(C3)C4)C=C2[C@@H]1C.C[C@H]1CCC2(c3ccc(C4C(C(C)(C)C)C4(F)F)c(Cl)c3)CC(=O)N(C34CCC(C(=O)O)(C3)C4)C=C2[C@@H]1C. The lowest BCUT2D eigenvalue weighted by Gasteiger charge is -2.71. The number of carboxylic acid groups (broad SMARTS) is 4. The number of benzene rings is 4. The van der Waals surface area contributed by atoms with Crippen LogP contribution in [0.5, 0.6) is 0 Å². The first-order valence-corrected chi connectivity index (χ1v) is 55.6. The van der Waals surface area contributed by atoms with Gasteiger partial charge in [0.2, 0.25) is 23.6 Å². The quantitative estimate of drug-likeness (QED) is 0.0679. The van der Waals surface area contributed by atoms with Crippen molar-refractivity contribution in [1.82, 2.24) is 19.6 Å². The first-order valence-electron chi connectivity index (χ1n) is 54.1. The molecule has 792 valence electrons. The van der Waals surface area contributed by atoms with Gasteiger partial charge in [-0.15, -0.1) is 0 Å². The van der Waals surface area contributed by atoms with Crippen LogP contribution in [-0.4, -0.2) is 134 Å². The molecule has 4 N–H and O–H groups in total. The minimum absolute atomic E-state index is 0.0194. The number of carbonyl (C=O) groups is 8. The van der Waals surface area contributed by atoms with Crippen LogP contribution in [0.2, 0.25) is 20.1 Å². The summed E-state index contributed by atoms with van der Waals surface area (Å²) in [5.41, 5.74) is 5.54. The summed E-state index contributed by atoms with van der Waals surface area (Å²) >= 11 is 27.2. The molecule has 0 aromatic heterocycles. The number of aryl methyl sites for hydroxylation is 2. The molecule has 17 aliphatic carbocycles.